The summed E-state index contributed by atoms with van der Waals surface area (Å²) in [6, 6.07) is 0. The van der Waals surface area contributed by atoms with E-state index >= 15 is 0 Å². The Kier molecular flexibility index (Phi) is 3.81. The van der Waals surface area contributed by atoms with Crippen molar-refractivity contribution in [3.05, 3.63) is 16.8 Å². The molecule has 2 aromatic heterocycles. The summed E-state index contributed by atoms with van der Waals surface area (Å²) in [7, 11) is 0. The highest BCUT2D eigenvalue weighted by Crippen LogP contribution is 2.39. The van der Waals surface area contributed by atoms with Gasteiger partial charge >= 0.3 is 0 Å². The van der Waals surface area contributed by atoms with Crippen LogP contribution < -0.4 is 4.90 Å². The van der Waals surface area contributed by atoms with Crippen molar-refractivity contribution in [1.29, 1.82) is 0 Å². The van der Waals surface area contributed by atoms with Crippen molar-refractivity contribution < 1.29 is 0 Å². The predicted molar refractivity (Wildman–Crippen MR) is 93.8 cm³/mol. The van der Waals surface area contributed by atoms with Crippen molar-refractivity contribution >= 4 is 27.4 Å². The molecule has 118 valence electrons. The maximum absolute atomic E-state index is 4.84. The Balaban J connectivity index is 1.67. The first-order valence-electron chi connectivity index (χ1n) is 8.70. The fourth-order valence-corrected chi connectivity index (χ4v) is 5.37. The summed E-state index contributed by atoms with van der Waals surface area (Å²) in [4.78, 5) is 13.2. The maximum Gasteiger partial charge on any atom is 0.141 e. The van der Waals surface area contributed by atoms with Crippen molar-refractivity contribution in [2.24, 2.45) is 11.8 Å². The summed E-state index contributed by atoms with van der Waals surface area (Å²) in [5.74, 6) is 3.95. The van der Waals surface area contributed by atoms with E-state index in [0.717, 1.165) is 29.0 Å². The molecule has 0 radical (unpaired) electrons. The van der Waals surface area contributed by atoms with E-state index in [1.165, 1.54) is 61.8 Å². The molecule has 1 unspecified atom stereocenters. The quantitative estimate of drug-likeness (QED) is 0.803. The molecule has 2 aromatic rings. The summed E-state index contributed by atoms with van der Waals surface area (Å²) in [6.07, 6.45) is 8.53. The Labute approximate surface area is 136 Å². The van der Waals surface area contributed by atoms with Crippen LogP contribution in [-0.4, -0.2) is 23.1 Å². The minimum absolute atomic E-state index is 0.875. The monoisotopic (exact) mass is 315 g/mol. The van der Waals surface area contributed by atoms with E-state index in [0.29, 0.717) is 0 Å². The van der Waals surface area contributed by atoms with Gasteiger partial charge in [0, 0.05) is 13.1 Å². The Morgan fingerprint density at radius 1 is 1.05 bits per heavy atom. The summed E-state index contributed by atoms with van der Waals surface area (Å²) in [5, 5.41) is 3.52. The molecule has 3 heterocycles. The van der Waals surface area contributed by atoms with Gasteiger partial charge in [0.05, 0.1) is 5.39 Å². The smallest absolute Gasteiger partial charge is 0.141 e. The highest BCUT2D eigenvalue weighted by atomic mass is 32.1. The van der Waals surface area contributed by atoms with Gasteiger partial charge in [-0.3, -0.25) is 0 Å². The van der Waals surface area contributed by atoms with Crippen molar-refractivity contribution in [1.82, 2.24) is 9.97 Å². The molecule has 1 saturated carbocycles. The van der Waals surface area contributed by atoms with E-state index in [1.807, 2.05) is 6.92 Å². The van der Waals surface area contributed by atoms with E-state index in [-0.39, 0.29) is 0 Å². The minimum atomic E-state index is 0.875. The lowest BCUT2D eigenvalue weighted by Gasteiger charge is -2.37. The highest BCUT2D eigenvalue weighted by molar-refractivity contribution is 7.17. The van der Waals surface area contributed by atoms with Crippen LogP contribution in [0.2, 0.25) is 0 Å². The Morgan fingerprint density at radius 3 is 2.64 bits per heavy atom. The summed E-state index contributed by atoms with van der Waals surface area (Å²) in [5.41, 5.74) is 1.33. The lowest BCUT2D eigenvalue weighted by molar-refractivity contribution is 0.288. The fraction of sp³-hybridized carbons (Fsp3) is 0.667. The number of thiophene rings is 1. The second-order valence-corrected chi connectivity index (χ2v) is 7.94. The molecular weight excluding hydrogens is 290 g/mol. The number of hydrogen-bond acceptors (Lipinski definition) is 4. The number of hydrogen-bond donors (Lipinski definition) is 0. The first kappa shape index (κ1) is 14.4. The van der Waals surface area contributed by atoms with Crippen LogP contribution in [0, 0.1) is 25.7 Å². The van der Waals surface area contributed by atoms with E-state index in [2.05, 4.69) is 22.2 Å². The molecule has 0 spiro atoms. The molecule has 4 rings (SSSR count). The summed E-state index contributed by atoms with van der Waals surface area (Å²) >= 11 is 1.75. The van der Waals surface area contributed by atoms with Gasteiger partial charge in [0.1, 0.15) is 16.5 Å². The van der Waals surface area contributed by atoms with E-state index in [4.69, 9.17) is 4.98 Å². The van der Waals surface area contributed by atoms with Gasteiger partial charge in [-0.25, -0.2) is 9.97 Å². The molecule has 0 bridgehead atoms. The molecular formula is C18H25N3S. The normalized spacial score (nSPS) is 23.5. The molecule has 3 nitrogen and oxygen atoms in total. The van der Waals surface area contributed by atoms with E-state index in [9.17, 15) is 0 Å². The van der Waals surface area contributed by atoms with Crippen LogP contribution in [0.25, 0.3) is 10.2 Å². The first-order chi connectivity index (χ1) is 10.7. The zero-order valence-corrected chi connectivity index (χ0v) is 14.5. The zero-order chi connectivity index (χ0) is 15.1. The van der Waals surface area contributed by atoms with Gasteiger partial charge in [0.25, 0.3) is 0 Å². The lowest BCUT2D eigenvalue weighted by Crippen LogP contribution is -2.38. The average Bonchev–Trinajstić information content (AvgIpc) is 3.17. The maximum atomic E-state index is 4.84. The van der Waals surface area contributed by atoms with Crippen molar-refractivity contribution in [3.63, 3.8) is 0 Å². The third-order valence-corrected chi connectivity index (χ3v) is 6.52. The van der Waals surface area contributed by atoms with Crippen LogP contribution in [0.4, 0.5) is 5.82 Å². The molecule has 2 aliphatic rings. The molecule has 1 aliphatic carbocycles. The molecule has 0 N–H and O–H groups in total. The molecule has 1 saturated heterocycles. The molecule has 4 heteroatoms. The Morgan fingerprint density at radius 2 is 1.82 bits per heavy atom. The van der Waals surface area contributed by atoms with Gasteiger partial charge < -0.3 is 4.90 Å². The molecule has 1 aliphatic heterocycles. The van der Waals surface area contributed by atoms with Gasteiger partial charge in [-0.05, 0) is 49.5 Å². The van der Waals surface area contributed by atoms with Gasteiger partial charge in [-0.1, -0.05) is 25.7 Å². The fourth-order valence-electron chi connectivity index (χ4n) is 4.41. The standard InChI is InChI=1S/C18H25N3S/c1-12-11-22-18-16(12)17(19-13(2)20-18)21-9-5-8-15(10-21)14-6-3-4-7-14/h11,14-15H,3-10H2,1-2H3. The predicted octanol–water partition coefficient (Wildman–Crippen LogP) is 4.71. The van der Waals surface area contributed by atoms with Gasteiger partial charge in [-0.2, -0.15) is 0 Å². The number of rotatable bonds is 2. The number of fused-ring (bicyclic) bond motifs is 1. The molecule has 2 fully saturated rings. The van der Waals surface area contributed by atoms with Crippen LogP contribution in [0.15, 0.2) is 5.38 Å². The highest BCUT2D eigenvalue weighted by Gasteiger charge is 2.30. The molecule has 0 aromatic carbocycles. The molecule has 1 atom stereocenters. The number of aromatic nitrogens is 2. The molecule has 22 heavy (non-hydrogen) atoms. The number of aryl methyl sites for hydroxylation is 2. The van der Waals surface area contributed by atoms with Gasteiger partial charge in [0.2, 0.25) is 0 Å². The van der Waals surface area contributed by atoms with Crippen molar-refractivity contribution in [3.8, 4) is 0 Å². The number of piperidine rings is 1. The lowest BCUT2D eigenvalue weighted by atomic mass is 9.84. The first-order valence-corrected chi connectivity index (χ1v) is 9.57. The van der Waals surface area contributed by atoms with Crippen molar-refractivity contribution in [2.45, 2.75) is 52.4 Å². The average molecular weight is 315 g/mol. The van der Waals surface area contributed by atoms with Gasteiger partial charge in [-0.15, -0.1) is 11.3 Å². The Hall–Kier alpha value is -1.16. The van der Waals surface area contributed by atoms with E-state index in [1.54, 1.807) is 11.3 Å². The third-order valence-electron chi connectivity index (χ3n) is 5.53. The minimum Gasteiger partial charge on any atom is -0.356 e. The van der Waals surface area contributed by atoms with Crippen LogP contribution in [0.3, 0.4) is 0 Å². The summed E-state index contributed by atoms with van der Waals surface area (Å²) in [6.45, 7) is 6.57. The Bertz CT molecular complexity index is 672. The van der Waals surface area contributed by atoms with Crippen LogP contribution in [0.1, 0.15) is 49.9 Å². The second kappa shape index (κ2) is 5.80. The largest absolute Gasteiger partial charge is 0.356 e. The van der Waals surface area contributed by atoms with Crippen LogP contribution >= 0.6 is 11.3 Å². The van der Waals surface area contributed by atoms with Crippen molar-refractivity contribution in [2.75, 3.05) is 18.0 Å². The third kappa shape index (κ3) is 2.51. The topological polar surface area (TPSA) is 29.0 Å². The van der Waals surface area contributed by atoms with Crippen LogP contribution in [0.5, 0.6) is 0 Å². The number of anilines is 1. The van der Waals surface area contributed by atoms with Crippen LogP contribution in [-0.2, 0) is 0 Å². The zero-order valence-electron chi connectivity index (χ0n) is 13.6. The summed E-state index contributed by atoms with van der Waals surface area (Å²) < 4.78 is 0. The van der Waals surface area contributed by atoms with Gasteiger partial charge in [0.15, 0.2) is 0 Å². The second-order valence-electron chi connectivity index (χ2n) is 7.09. The van der Waals surface area contributed by atoms with E-state index < -0.39 is 0 Å². The molecule has 0 amide bonds. The number of nitrogens with zero attached hydrogens (tertiary/aromatic N) is 3. The SMILES string of the molecule is Cc1nc(N2CCCC(C3CCCC3)C2)c2c(C)csc2n1.